The summed E-state index contributed by atoms with van der Waals surface area (Å²) in [6, 6.07) is 4.73. The zero-order valence-corrected chi connectivity index (χ0v) is 18.4. The highest BCUT2D eigenvalue weighted by atomic mass is 32.2. The fraction of sp³-hybridized carbons (Fsp3) is 0.600. The van der Waals surface area contributed by atoms with Crippen molar-refractivity contribution in [1.82, 2.24) is 14.1 Å². The molecule has 0 aliphatic carbocycles. The molecule has 0 bridgehead atoms. The Bertz CT molecular complexity index is 898. The molecular weight excluding hydrogens is 392 g/mol. The maximum atomic E-state index is 13.1. The van der Waals surface area contributed by atoms with Gasteiger partial charge in [0.25, 0.3) is 0 Å². The number of anilines is 1. The number of carbonyl (C=O) groups is 2. The van der Waals surface area contributed by atoms with Gasteiger partial charge in [0.2, 0.25) is 21.8 Å². The number of carbonyl (C=O) groups excluding carboxylic acids is 2. The molecule has 0 radical (unpaired) electrons. The fourth-order valence-corrected chi connectivity index (χ4v) is 5.01. The summed E-state index contributed by atoms with van der Waals surface area (Å²) >= 11 is 0. The van der Waals surface area contributed by atoms with E-state index in [-0.39, 0.29) is 29.3 Å². The summed E-state index contributed by atoms with van der Waals surface area (Å²) < 4.78 is 26.0. The van der Waals surface area contributed by atoms with Crippen LogP contribution < -0.4 is 4.90 Å². The molecule has 9 heteroatoms. The molecule has 160 valence electrons. The molecule has 29 heavy (non-hydrogen) atoms. The molecule has 1 unspecified atom stereocenters. The van der Waals surface area contributed by atoms with E-state index in [4.69, 9.17) is 0 Å². The van der Waals surface area contributed by atoms with Gasteiger partial charge in [-0.25, -0.2) is 12.7 Å². The van der Waals surface area contributed by atoms with E-state index >= 15 is 0 Å². The van der Waals surface area contributed by atoms with Crippen molar-refractivity contribution < 1.29 is 18.0 Å². The van der Waals surface area contributed by atoms with Crippen LogP contribution in [0.1, 0.15) is 24.8 Å². The molecule has 2 aliphatic heterocycles. The number of amides is 2. The van der Waals surface area contributed by atoms with Crippen LogP contribution in [-0.2, 0) is 26.0 Å². The van der Waals surface area contributed by atoms with Crippen LogP contribution in [0.15, 0.2) is 23.1 Å². The molecule has 1 atom stereocenters. The lowest BCUT2D eigenvalue weighted by molar-refractivity contribution is -0.134. The first-order chi connectivity index (χ1) is 13.6. The van der Waals surface area contributed by atoms with Gasteiger partial charge in [0.05, 0.1) is 17.5 Å². The van der Waals surface area contributed by atoms with Crippen LogP contribution in [0.2, 0.25) is 0 Å². The molecule has 3 rings (SSSR count). The first-order valence-corrected chi connectivity index (χ1v) is 11.4. The van der Waals surface area contributed by atoms with Crippen molar-refractivity contribution in [1.29, 1.82) is 0 Å². The minimum absolute atomic E-state index is 0.0351. The summed E-state index contributed by atoms with van der Waals surface area (Å²) in [5.41, 5.74) is 1.64. The highest BCUT2D eigenvalue weighted by Crippen LogP contribution is 2.30. The molecule has 0 N–H and O–H groups in total. The van der Waals surface area contributed by atoms with E-state index in [1.165, 1.54) is 18.4 Å². The van der Waals surface area contributed by atoms with Crippen molar-refractivity contribution in [2.24, 2.45) is 0 Å². The van der Waals surface area contributed by atoms with Gasteiger partial charge >= 0.3 is 0 Å². The molecular formula is C20H30N4O4S. The minimum Gasteiger partial charge on any atom is -0.347 e. The second kappa shape index (κ2) is 8.41. The Labute approximate surface area is 173 Å². The predicted octanol–water partition coefficient (Wildman–Crippen LogP) is 0.769. The second-order valence-corrected chi connectivity index (χ2v) is 10.2. The number of hydrogen-bond donors (Lipinski definition) is 0. The van der Waals surface area contributed by atoms with Crippen molar-refractivity contribution in [3.8, 4) is 0 Å². The number of likely N-dealkylation sites (tertiary alicyclic amines) is 1. The number of fused-ring (bicyclic) bond motifs is 1. The lowest BCUT2D eigenvalue weighted by atomic mass is 10.0. The average molecular weight is 423 g/mol. The van der Waals surface area contributed by atoms with Gasteiger partial charge < -0.3 is 9.80 Å². The average Bonchev–Trinajstić information content (AvgIpc) is 3.13. The van der Waals surface area contributed by atoms with Gasteiger partial charge in [-0.2, -0.15) is 0 Å². The van der Waals surface area contributed by atoms with Crippen LogP contribution in [-0.4, -0.2) is 88.2 Å². The molecule has 1 saturated heterocycles. The van der Waals surface area contributed by atoms with Crippen molar-refractivity contribution in [2.75, 3.05) is 52.7 Å². The number of hydrogen-bond acceptors (Lipinski definition) is 5. The maximum absolute atomic E-state index is 13.1. The molecule has 1 aromatic rings. The predicted molar refractivity (Wildman–Crippen MR) is 111 cm³/mol. The monoisotopic (exact) mass is 422 g/mol. The lowest BCUT2D eigenvalue weighted by Crippen LogP contribution is -2.48. The summed E-state index contributed by atoms with van der Waals surface area (Å²) in [5, 5.41) is 0. The number of benzene rings is 1. The van der Waals surface area contributed by atoms with Crippen LogP contribution >= 0.6 is 0 Å². The van der Waals surface area contributed by atoms with Gasteiger partial charge in [0.15, 0.2) is 0 Å². The van der Waals surface area contributed by atoms with E-state index in [1.807, 2.05) is 4.90 Å². The summed E-state index contributed by atoms with van der Waals surface area (Å²) in [6.07, 6.45) is 3.19. The summed E-state index contributed by atoms with van der Waals surface area (Å²) in [4.78, 5) is 31.0. The molecule has 1 aromatic carbocycles. The third kappa shape index (κ3) is 4.31. The SMILES string of the molecule is CN(C)C(=O)C1CCCN1CC(=O)N1CCCc2cc(S(=O)(=O)N(C)C)ccc21. The highest BCUT2D eigenvalue weighted by molar-refractivity contribution is 7.89. The van der Waals surface area contributed by atoms with E-state index in [1.54, 1.807) is 42.1 Å². The van der Waals surface area contributed by atoms with Crippen molar-refractivity contribution in [3.05, 3.63) is 23.8 Å². The van der Waals surface area contributed by atoms with Gasteiger partial charge in [-0.3, -0.25) is 14.5 Å². The Morgan fingerprint density at radius 3 is 2.48 bits per heavy atom. The Morgan fingerprint density at radius 1 is 1.10 bits per heavy atom. The van der Waals surface area contributed by atoms with Gasteiger partial charge in [0.1, 0.15) is 0 Å². The number of sulfonamides is 1. The van der Waals surface area contributed by atoms with Crippen LogP contribution in [0, 0.1) is 0 Å². The number of rotatable bonds is 5. The third-order valence-corrected chi connectivity index (χ3v) is 7.49. The molecule has 0 aromatic heterocycles. The second-order valence-electron chi connectivity index (χ2n) is 8.09. The fourth-order valence-electron chi connectivity index (χ4n) is 4.06. The Kier molecular flexibility index (Phi) is 6.30. The van der Waals surface area contributed by atoms with Crippen molar-refractivity contribution in [2.45, 2.75) is 36.6 Å². The molecule has 0 spiro atoms. The molecule has 1 fully saturated rings. The standard InChI is InChI=1S/C20H30N4O4S/c1-21(2)20(26)18-8-6-11-23(18)14-19(25)24-12-5-7-15-13-16(9-10-17(15)24)29(27,28)22(3)4/h9-10,13,18H,5-8,11-12,14H2,1-4H3. The van der Waals surface area contributed by atoms with E-state index in [9.17, 15) is 18.0 Å². The molecule has 2 heterocycles. The van der Waals surface area contributed by atoms with Gasteiger partial charge in [-0.05, 0) is 56.0 Å². The van der Waals surface area contributed by atoms with Gasteiger partial charge in [-0.15, -0.1) is 0 Å². The number of aryl methyl sites for hydroxylation is 1. The number of likely N-dealkylation sites (N-methyl/N-ethyl adjacent to an activating group) is 1. The maximum Gasteiger partial charge on any atom is 0.242 e. The van der Waals surface area contributed by atoms with E-state index < -0.39 is 10.0 Å². The molecule has 2 aliphatic rings. The number of nitrogens with zero attached hydrogens (tertiary/aromatic N) is 4. The van der Waals surface area contributed by atoms with Crippen LogP contribution in [0.25, 0.3) is 0 Å². The highest BCUT2D eigenvalue weighted by Gasteiger charge is 2.34. The topological polar surface area (TPSA) is 81.2 Å². The zero-order chi connectivity index (χ0) is 21.3. The summed E-state index contributed by atoms with van der Waals surface area (Å²) in [5.74, 6) is -0.0134. The third-order valence-electron chi connectivity index (χ3n) is 5.68. The largest absolute Gasteiger partial charge is 0.347 e. The Balaban J connectivity index is 1.80. The van der Waals surface area contributed by atoms with Crippen LogP contribution in [0.5, 0.6) is 0 Å². The molecule has 8 nitrogen and oxygen atoms in total. The summed E-state index contributed by atoms with van der Waals surface area (Å²) in [6.45, 7) is 1.53. The van der Waals surface area contributed by atoms with Crippen molar-refractivity contribution in [3.63, 3.8) is 0 Å². The van der Waals surface area contributed by atoms with E-state index in [0.717, 1.165) is 43.5 Å². The Hall–Kier alpha value is -1.97. The van der Waals surface area contributed by atoms with E-state index in [0.29, 0.717) is 6.54 Å². The molecule has 2 amide bonds. The van der Waals surface area contributed by atoms with Crippen LogP contribution in [0.4, 0.5) is 5.69 Å². The van der Waals surface area contributed by atoms with Crippen molar-refractivity contribution >= 4 is 27.5 Å². The van der Waals surface area contributed by atoms with Crippen LogP contribution in [0.3, 0.4) is 0 Å². The normalized spacial score (nSPS) is 20.0. The quantitative estimate of drug-likeness (QED) is 0.700. The first-order valence-electron chi connectivity index (χ1n) is 9.94. The first kappa shape index (κ1) is 21.7. The van der Waals surface area contributed by atoms with Gasteiger partial charge in [0, 0.05) is 40.4 Å². The zero-order valence-electron chi connectivity index (χ0n) is 17.6. The van der Waals surface area contributed by atoms with Gasteiger partial charge in [-0.1, -0.05) is 0 Å². The van der Waals surface area contributed by atoms with E-state index in [2.05, 4.69) is 0 Å². The smallest absolute Gasteiger partial charge is 0.242 e. The molecule has 0 saturated carbocycles. The lowest BCUT2D eigenvalue weighted by Gasteiger charge is -2.33. The summed E-state index contributed by atoms with van der Waals surface area (Å²) in [7, 11) is 2.97. The Morgan fingerprint density at radius 2 is 1.83 bits per heavy atom. The minimum atomic E-state index is -3.51.